The van der Waals surface area contributed by atoms with Gasteiger partial charge < -0.3 is 5.32 Å². The zero-order valence-electron chi connectivity index (χ0n) is 11.8. The van der Waals surface area contributed by atoms with Crippen LogP contribution in [0.15, 0.2) is 5.38 Å². The first-order valence-electron chi connectivity index (χ1n) is 6.65. The third-order valence-corrected chi connectivity index (χ3v) is 3.74. The van der Waals surface area contributed by atoms with Crippen molar-refractivity contribution in [3.63, 3.8) is 0 Å². The summed E-state index contributed by atoms with van der Waals surface area (Å²) >= 11 is 1.81. The molecule has 1 aromatic heterocycles. The molecule has 0 saturated carbocycles. The van der Waals surface area contributed by atoms with Crippen LogP contribution in [0.5, 0.6) is 0 Å². The highest BCUT2D eigenvalue weighted by molar-refractivity contribution is 7.09. The first kappa shape index (κ1) is 14.7. The lowest BCUT2D eigenvalue weighted by Gasteiger charge is -2.16. The number of aromatic nitrogens is 1. The van der Waals surface area contributed by atoms with E-state index < -0.39 is 0 Å². The molecule has 0 amide bonds. The number of likely N-dealkylation sites (N-methyl/N-ethyl adjacent to an activating group) is 1. The van der Waals surface area contributed by atoms with E-state index >= 15 is 0 Å². The molecule has 17 heavy (non-hydrogen) atoms. The molecule has 0 aromatic carbocycles. The molecule has 1 atom stereocenters. The van der Waals surface area contributed by atoms with Crippen LogP contribution in [0.1, 0.15) is 58.2 Å². The van der Waals surface area contributed by atoms with Gasteiger partial charge in [0, 0.05) is 23.3 Å². The number of nitrogens with one attached hydrogen (secondary N) is 1. The molecule has 1 rings (SSSR count). The van der Waals surface area contributed by atoms with Crippen molar-refractivity contribution < 1.29 is 0 Å². The maximum Gasteiger partial charge on any atom is 0.0944 e. The van der Waals surface area contributed by atoms with Crippen molar-refractivity contribution in [1.82, 2.24) is 10.3 Å². The molecule has 1 N–H and O–H groups in total. The predicted molar refractivity (Wildman–Crippen MR) is 76.9 cm³/mol. The van der Waals surface area contributed by atoms with Gasteiger partial charge in [-0.25, -0.2) is 4.98 Å². The van der Waals surface area contributed by atoms with Gasteiger partial charge in [-0.2, -0.15) is 0 Å². The molecule has 3 heteroatoms. The maximum absolute atomic E-state index is 4.76. The lowest BCUT2D eigenvalue weighted by atomic mass is 9.93. The van der Waals surface area contributed by atoms with Crippen molar-refractivity contribution >= 4 is 11.3 Å². The second kappa shape index (κ2) is 6.50. The Balaban J connectivity index is 2.63. The summed E-state index contributed by atoms with van der Waals surface area (Å²) in [6.45, 7) is 12.1. The van der Waals surface area contributed by atoms with E-state index in [4.69, 9.17) is 4.98 Å². The Morgan fingerprint density at radius 3 is 2.53 bits per heavy atom. The molecule has 0 aliphatic heterocycles. The van der Waals surface area contributed by atoms with Crippen molar-refractivity contribution in [1.29, 1.82) is 0 Å². The molecular weight excluding hydrogens is 228 g/mol. The summed E-state index contributed by atoms with van der Waals surface area (Å²) < 4.78 is 0. The first-order chi connectivity index (χ1) is 7.97. The predicted octanol–water partition coefficient (Wildman–Crippen LogP) is 3.76. The van der Waals surface area contributed by atoms with Crippen LogP contribution in [0.3, 0.4) is 0 Å². The highest BCUT2D eigenvalue weighted by atomic mass is 32.1. The van der Waals surface area contributed by atoms with Crippen LogP contribution in [-0.4, -0.2) is 17.6 Å². The van der Waals surface area contributed by atoms with Gasteiger partial charge in [0.25, 0.3) is 0 Å². The molecule has 0 bridgehead atoms. The lowest BCUT2D eigenvalue weighted by molar-refractivity contribution is 0.483. The highest BCUT2D eigenvalue weighted by Crippen LogP contribution is 2.24. The molecule has 2 nitrogen and oxygen atoms in total. The average Bonchev–Trinajstić information content (AvgIpc) is 2.66. The summed E-state index contributed by atoms with van der Waals surface area (Å²) in [4.78, 5) is 4.76. The van der Waals surface area contributed by atoms with Crippen LogP contribution in [0, 0.1) is 0 Å². The summed E-state index contributed by atoms with van der Waals surface area (Å²) in [6, 6.07) is 0.587. The summed E-state index contributed by atoms with van der Waals surface area (Å²) in [7, 11) is 0. The Morgan fingerprint density at radius 1 is 1.35 bits per heavy atom. The summed E-state index contributed by atoms with van der Waals surface area (Å²) in [5, 5.41) is 7.03. The third-order valence-electron chi connectivity index (χ3n) is 2.87. The monoisotopic (exact) mass is 254 g/mol. The molecule has 0 saturated heterocycles. The van der Waals surface area contributed by atoms with E-state index in [1.807, 2.05) is 0 Å². The largest absolute Gasteiger partial charge is 0.314 e. The van der Waals surface area contributed by atoms with E-state index in [0.29, 0.717) is 6.04 Å². The van der Waals surface area contributed by atoms with E-state index in [1.54, 1.807) is 11.3 Å². The average molecular weight is 254 g/mol. The Kier molecular flexibility index (Phi) is 5.60. The number of hydrogen-bond donors (Lipinski definition) is 1. The van der Waals surface area contributed by atoms with E-state index in [1.165, 1.54) is 23.5 Å². The smallest absolute Gasteiger partial charge is 0.0944 e. The third kappa shape index (κ3) is 4.76. The van der Waals surface area contributed by atoms with Gasteiger partial charge in [0.15, 0.2) is 0 Å². The molecule has 1 heterocycles. The molecule has 0 aliphatic carbocycles. The van der Waals surface area contributed by atoms with E-state index in [0.717, 1.165) is 13.0 Å². The zero-order chi connectivity index (χ0) is 12.9. The van der Waals surface area contributed by atoms with Crippen molar-refractivity contribution in [2.75, 3.05) is 6.54 Å². The van der Waals surface area contributed by atoms with Gasteiger partial charge in [0.2, 0.25) is 0 Å². The Bertz CT molecular complexity index is 319. The van der Waals surface area contributed by atoms with Gasteiger partial charge in [-0.1, -0.05) is 41.0 Å². The molecule has 0 radical (unpaired) electrons. The SMILES string of the molecule is CCCC(Cc1nc(C(C)(C)C)cs1)NCC. The van der Waals surface area contributed by atoms with Crippen LogP contribution in [0.2, 0.25) is 0 Å². The van der Waals surface area contributed by atoms with Crippen LogP contribution in [0.4, 0.5) is 0 Å². The van der Waals surface area contributed by atoms with E-state index in [-0.39, 0.29) is 5.41 Å². The Morgan fingerprint density at radius 2 is 2.06 bits per heavy atom. The van der Waals surface area contributed by atoms with E-state index in [2.05, 4.69) is 45.3 Å². The van der Waals surface area contributed by atoms with Crippen molar-refractivity contribution in [2.24, 2.45) is 0 Å². The fourth-order valence-corrected chi connectivity index (χ4v) is 2.98. The summed E-state index contributed by atoms with van der Waals surface area (Å²) in [5.41, 5.74) is 1.40. The van der Waals surface area contributed by atoms with Gasteiger partial charge in [-0.3, -0.25) is 0 Å². The Hall–Kier alpha value is -0.410. The van der Waals surface area contributed by atoms with Crippen LogP contribution >= 0.6 is 11.3 Å². The second-order valence-electron chi connectivity index (χ2n) is 5.62. The van der Waals surface area contributed by atoms with Gasteiger partial charge in [0.05, 0.1) is 10.7 Å². The van der Waals surface area contributed by atoms with Crippen LogP contribution < -0.4 is 5.32 Å². The fourth-order valence-electron chi connectivity index (χ4n) is 1.87. The minimum Gasteiger partial charge on any atom is -0.314 e. The number of thiazole rings is 1. The van der Waals surface area contributed by atoms with E-state index in [9.17, 15) is 0 Å². The van der Waals surface area contributed by atoms with Crippen molar-refractivity contribution in [3.8, 4) is 0 Å². The standard InChI is InChI=1S/C14H26N2S/c1-6-8-11(15-7-2)9-13-16-12(10-17-13)14(3,4)5/h10-11,15H,6-9H2,1-5H3. The minimum atomic E-state index is 0.174. The van der Waals surface area contributed by atoms with Crippen molar-refractivity contribution in [3.05, 3.63) is 16.1 Å². The summed E-state index contributed by atoms with van der Waals surface area (Å²) in [6.07, 6.45) is 3.54. The van der Waals surface area contributed by atoms with Gasteiger partial charge >= 0.3 is 0 Å². The lowest BCUT2D eigenvalue weighted by Crippen LogP contribution is -2.30. The minimum absolute atomic E-state index is 0.174. The maximum atomic E-state index is 4.76. The zero-order valence-corrected chi connectivity index (χ0v) is 12.7. The number of nitrogens with zero attached hydrogens (tertiary/aromatic N) is 1. The summed E-state index contributed by atoms with van der Waals surface area (Å²) in [5.74, 6) is 0. The normalized spacial score (nSPS) is 13.9. The molecular formula is C14H26N2S. The first-order valence-corrected chi connectivity index (χ1v) is 7.53. The molecule has 0 aliphatic rings. The van der Waals surface area contributed by atoms with Crippen molar-refractivity contribution in [2.45, 2.75) is 65.3 Å². The van der Waals surface area contributed by atoms with Gasteiger partial charge in [-0.15, -0.1) is 11.3 Å². The number of hydrogen-bond acceptors (Lipinski definition) is 3. The van der Waals surface area contributed by atoms with Crippen LogP contribution in [-0.2, 0) is 11.8 Å². The topological polar surface area (TPSA) is 24.9 Å². The van der Waals surface area contributed by atoms with Gasteiger partial charge in [0.1, 0.15) is 0 Å². The molecule has 0 fully saturated rings. The van der Waals surface area contributed by atoms with Gasteiger partial charge in [-0.05, 0) is 13.0 Å². The highest BCUT2D eigenvalue weighted by Gasteiger charge is 2.18. The quantitative estimate of drug-likeness (QED) is 0.836. The molecule has 98 valence electrons. The second-order valence-corrected chi connectivity index (χ2v) is 6.57. The number of rotatable bonds is 6. The fraction of sp³-hybridized carbons (Fsp3) is 0.786. The Labute approximate surface area is 110 Å². The van der Waals surface area contributed by atoms with Crippen LogP contribution in [0.25, 0.3) is 0 Å². The molecule has 1 unspecified atom stereocenters. The molecule has 1 aromatic rings. The molecule has 0 spiro atoms.